The molecule has 2 fully saturated rings. The summed E-state index contributed by atoms with van der Waals surface area (Å²) in [5, 5.41) is 2.91. The molecule has 4 heteroatoms. The molecule has 0 aromatic rings. The number of piperazine rings is 1. The van der Waals surface area contributed by atoms with Gasteiger partial charge in [-0.25, -0.2) is 0 Å². The highest BCUT2D eigenvalue weighted by atomic mass is 16.2. The maximum Gasteiger partial charge on any atom is 0.246 e. The summed E-state index contributed by atoms with van der Waals surface area (Å²) in [6.45, 7) is 8.29. The molecule has 21 heavy (non-hydrogen) atoms. The van der Waals surface area contributed by atoms with E-state index in [4.69, 9.17) is 0 Å². The molecule has 2 unspecified atom stereocenters. The molecule has 1 saturated carbocycles. The van der Waals surface area contributed by atoms with Gasteiger partial charge in [-0.15, -0.1) is 0 Å². The van der Waals surface area contributed by atoms with E-state index in [1.807, 2.05) is 11.8 Å². The Morgan fingerprint density at radius 3 is 2.33 bits per heavy atom. The fraction of sp³-hybridized carbons (Fsp3) is 0.882. The Hall–Kier alpha value is -1.06. The second-order valence-corrected chi connectivity index (χ2v) is 7.20. The number of nitrogens with zero attached hydrogens (tertiary/aromatic N) is 1. The molecule has 2 aliphatic rings. The molecule has 0 aromatic heterocycles. The molecule has 1 saturated heterocycles. The van der Waals surface area contributed by atoms with E-state index in [1.54, 1.807) is 0 Å². The Labute approximate surface area is 128 Å². The van der Waals surface area contributed by atoms with Crippen molar-refractivity contribution in [3.63, 3.8) is 0 Å². The number of amides is 2. The SMILES string of the molecule is CCC1CCC(N2C(=O)C(CC(C)C)NC(=O)C2C)CC1. The molecule has 120 valence electrons. The molecule has 0 bridgehead atoms. The summed E-state index contributed by atoms with van der Waals surface area (Å²) < 4.78 is 0. The first-order chi connectivity index (χ1) is 9.93. The van der Waals surface area contributed by atoms with Crippen LogP contribution in [0.2, 0.25) is 0 Å². The lowest BCUT2D eigenvalue weighted by molar-refractivity contribution is -0.152. The monoisotopic (exact) mass is 294 g/mol. The normalized spacial score (nSPS) is 34.2. The Bertz CT molecular complexity index is 386. The topological polar surface area (TPSA) is 49.4 Å². The zero-order valence-corrected chi connectivity index (χ0v) is 13.9. The molecule has 1 heterocycles. The van der Waals surface area contributed by atoms with Crippen molar-refractivity contribution < 1.29 is 9.59 Å². The molecule has 1 aliphatic heterocycles. The van der Waals surface area contributed by atoms with Crippen molar-refractivity contribution in [2.75, 3.05) is 0 Å². The summed E-state index contributed by atoms with van der Waals surface area (Å²) in [5.74, 6) is 1.36. The fourth-order valence-electron chi connectivity index (χ4n) is 3.81. The number of hydrogen-bond donors (Lipinski definition) is 1. The third kappa shape index (κ3) is 3.58. The quantitative estimate of drug-likeness (QED) is 0.866. The summed E-state index contributed by atoms with van der Waals surface area (Å²) in [4.78, 5) is 26.9. The van der Waals surface area contributed by atoms with Crippen molar-refractivity contribution in [1.29, 1.82) is 0 Å². The summed E-state index contributed by atoms with van der Waals surface area (Å²) in [6, 6.07) is -0.377. The zero-order valence-electron chi connectivity index (χ0n) is 13.9. The first kappa shape index (κ1) is 16.3. The first-order valence-corrected chi connectivity index (χ1v) is 8.56. The summed E-state index contributed by atoms with van der Waals surface area (Å²) in [7, 11) is 0. The Kier molecular flexibility index (Phi) is 5.28. The maximum atomic E-state index is 12.8. The largest absolute Gasteiger partial charge is 0.343 e. The zero-order chi connectivity index (χ0) is 15.6. The van der Waals surface area contributed by atoms with Crippen LogP contribution in [-0.2, 0) is 9.59 Å². The summed E-state index contributed by atoms with van der Waals surface area (Å²) in [6.07, 6.45) is 6.44. The van der Waals surface area contributed by atoms with Crippen molar-refractivity contribution >= 4 is 11.8 Å². The predicted molar refractivity (Wildman–Crippen MR) is 83.7 cm³/mol. The number of carbonyl (C=O) groups is 2. The third-order valence-electron chi connectivity index (χ3n) is 5.16. The Morgan fingerprint density at radius 2 is 1.81 bits per heavy atom. The molecular weight excluding hydrogens is 264 g/mol. The van der Waals surface area contributed by atoms with E-state index in [-0.39, 0.29) is 29.9 Å². The second-order valence-electron chi connectivity index (χ2n) is 7.20. The molecule has 1 N–H and O–H groups in total. The second kappa shape index (κ2) is 6.80. The molecule has 4 nitrogen and oxygen atoms in total. The average Bonchev–Trinajstić information content (AvgIpc) is 2.45. The van der Waals surface area contributed by atoms with Gasteiger partial charge < -0.3 is 10.2 Å². The van der Waals surface area contributed by atoms with Crippen LogP contribution in [0.3, 0.4) is 0 Å². The van der Waals surface area contributed by atoms with Crippen LogP contribution in [0.4, 0.5) is 0 Å². The van der Waals surface area contributed by atoms with Crippen molar-refractivity contribution in [3.8, 4) is 0 Å². The highest BCUT2D eigenvalue weighted by Gasteiger charge is 2.42. The van der Waals surface area contributed by atoms with E-state index in [1.165, 1.54) is 19.3 Å². The highest BCUT2D eigenvalue weighted by Crippen LogP contribution is 2.32. The maximum absolute atomic E-state index is 12.8. The molecule has 1 aliphatic carbocycles. The van der Waals surface area contributed by atoms with Gasteiger partial charge in [-0.05, 0) is 50.9 Å². The van der Waals surface area contributed by atoms with Crippen molar-refractivity contribution in [1.82, 2.24) is 10.2 Å². The molecule has 0 radical (unpaired) electrons. The van der Waals surface area contributed by atoms with Gasteiger partial charge in [0.25, 0.3) is 0 Å². The van der Waals surface area contributed by atoms with Crippen LogP contribution in [0.5, 0.6) is 0 Å². The summed E-state index contributed by atoms with van der Waals surface area (Å²) in [5.41, 5.74) is 0. The van der Waals surface area contributed by atoms with Gasteiger partial charge in [0.2, 0.25) is 11.8 Å². The molecule has 0 aromatic carbocycles. The van der Waals surface area contributed by atoms with Gasteiger partial charge in [0, 0.05) is 6.04 Å². The van der Waals surface area contributed by atoms with Crippen molar-refractivity contribution in [3.05, 3.63) is 0 Å². The van der Waals surface area contributed by atoms with Gasteiger partial charge in [0.15, 0.2) is 0 Å². The van der Waals surface area contributed by atoms with Crippen molar-refractivity contribution in [2.24, 2.45) is 11.8 Å². The molecule has 2 rings (SSSR count). The third-order valence-corrected chi connectivity index (χ3v) is 5.16. The predicted octanol–water partition coefficient (Wildman–Crippen LogP) is 2.72. The first-order valence-electron chi connectivity index (χ1n) is 8.56. The van der Waals surface area contributed by atoms with Crippen LogP contribution < -0.4 is 5.32 Å². The Morgan fingerprint density at radius 1 is 1.19 bits per heavy atom. The molecular formula is C17H30N2O2. The van der Waals surface area contributed by atoms with Crippen LogP contribution >= 0.6 is 0 Å². The minimum absolute atomic E-state index is 0.0119. The van der Waals surface area contributed by atoms with E-state index in [0.29, 0.717) is 5.92 Å². The summed E-state index contributed by atoms with van der Waals surface area (Å²) >= 11 is 0. The Balaban J connectivity index is 2.08. The van der Waals surface area contributed by atoms with Gasteiger partial charge in [-0.2, -0.15) is 0 Å². The standard InChI is InChI=1S/C17H30N2O2/c1-5-13-6-8-14(9-7-13)19-12(4)16(20)18-15(17(19)21)10-11(2)3/h11-15H,5-10H2,1-4H3,(H,18,20). The van der Waals surface area contributed by atoms with E-state index >= 15 is 0 Å². The molecule has 0 spiro atoms. The number of rotatable bonds is 4. The minimum atomic E-state index is -0.322. The van der Waals surface area contributed by atoms with E-state index in [0.717, 1.165) is 25.2 Å². The van der Waals surface area contributed by atoms with Gasteiger partial charge in [0.1, 0.15) is 12.1 Å². The molecule has 2 atom stereocenters. The van der Waals surface area contributed by atoms with E-state index < -0.39 is 0 Å². The van der Waals surface area contributed by atoms with Crippen LogP contribution in [0.15, 0.2) is 0 Å². The highest BCUT2D eigenvalue weighted by molar-refractivity contribution is 5.96. The minimum Gasteiger partial charge on any atom is -0.343 e. The van der Waals surface area contributed by atoms with E-state index in [9.17, 15) is 9.59 Å². The van der Waals surface area contributed by atoms with Gasteiger partial charge in [-0.3, -0.25) is 9.59 Å². The van der Waals surface area contributed by atoms with E-state index in [2.05, 4.69) is 26.1 Å². The number of hydrogen-bond acceptors (Lipinski definition) is 2. The van der Waals surface area contributed by atoms with Crippen LogP contribution in [0, 0.1) is 11.8 Å². The smallest absolute Gasteiger partial charge is 0.246 e. The number of nitrogens with one attached hydrogen (secondary N) is 1. The van der Waals surface area contributed by atoms with Crippen LogP contribution in [0.25, 0.3) is 0 Å². The lowest BCUT2D eigenvalue weighted by Gasteiger charge is -2.44. The number of carbonyl (C=O) groups excluding carboxylic acids is 2. The van der Waals surface area contributed by atoms with Gasteiger partial charge in [0.05, 0.1) is 0 Å². The molecule has 2 amide bonds. The van der Waals surface area contributed by atoms with Gasteiger partial charge >= 0.3 is 0 Å². The lowest BCUT2D eigenvalue weighted by Crippen LogP contribution is -2.65. The van der Waals surface area contributed by atoms with Crippen LogP contribution in [0.1, 0.15) is 66.2 Å². The fourth-order valence-corrected chi connectivity index (χ4v) is 3.81. The average molecular weight is 294 g/mol. The lowest BCUT2D eigenvalue weighted by atomic mass is 9.82. The van der Waals surface area contributed by atoms with Crippen LogP contribution in [-0.4, -0.2) is 34.8 Å². The van der Waals surface area contributed by atoms with Crippen molar-refractivity contribution in [2.45, 2.75) is 84.3 Å². The van der Waals surface area contributed by atoms with Gasteiger partial charge in [-0.1, -0.05) is 27.2 Å².